The maximum absolute atomic E-state index is 12.7. The SMILES string of the molecule is CCC(C)NCCC(=O)CCc1sc2c(c1-c1nc3cnccc3s1)CCN(C(=O)OC(C)(C)C)C2. The minimum atomic E-state index is -0.525. The van der Waals surface area contributed by atoms with Crippen LogP contribution in [0.3, 0.4) is 0 Å². The van der Waals surface area contributed by atoms with Gasteiger partial charge >= 0.3 is 6.09 Å². The van der Waals surface area contributed by atoms with Crippen LogP contribution in [-0.4, -0.2) is 51.5 Å². The molecule has 0 spiro atoms. The number of carbonyl (C=O) groups is 2. The number of ether oxygens (including phenoxy) is 1. The van der Waals surface area contributed by atoms with Gasteiger partial charge in [0, 0.05) is 53.5 Å². The molecule has 1 aliphatic rings. The number of carbonyl (C=O) groups excluding carboxylic acids is 2. The molecule has 36 heavy (non-hydrogen) atoms. The second kappa shape index (κ2) is 11.4. The summed E-state index contributed by atoms with van der Waals surface area (Å²) in [5.41, 5.74) is 2.78. The van der Waals surface area contributed by atoms with Gasteiger partial charge in [-0.15, -0.1) is 22.7 Å². The van der Waals surface area contributed by atoms with E-state index in [1.165, 1.54) is 15.3 Å². The lowest BCUT2D eigenvalue weighted by molar-refractivity contribution is -0.118. The lowest BCUT2D eigenvalue weighted by atomic mass is 10.00. The first-order valence-corrected chi connectivity index (χ1v) is 14.3. The monoisotopic (exact) mass is 528 g/mol. The molecule has 3 aromatic rings. The number of Topliss-reactive ketones (excluding diaryl/α,β-unsaturated/α-hetero) is 1. The van der Waals surface area contributed by atoms with Gasteiger partial charge in [0.2, 0.25) is 0 Å². The van der Waals surface area contributed by atoms with Crippen molar-refractivity contribution in [1.82, 2.24) is 20.2 Å². The Hall–Kier alpha value is -2.36. The van der Waals surface area contributed by atoms with Crippen LogP contribution >= 0.6 is 22.7 Å². The molecule has 0 fully saturated rings. The lowest BCUT2D eigenvalue weighted by Crippen LogP contribution is -2.39. The van der Waals surface area contributed by atoms with Crippen LogP contribution in [0.15, 0.2) is 18.5 Å². The summed E-state index contributed by atoms with van der Waals surface area (Å²) >= 11 is 3.38. The molecule has 1 unspecified atom stereocenters. The van der Waals surface area contributed by atoms with E-state index < -0.39 is 5.60 Å². The van der Waals surface area contributed by atoms with Crippen molar-refractivity contribution >= 4 is 44.8 Å². The van der Waals surface area contributed by atoms with Crippen LogP contribution in [0.1, 0.15) is 69.2 Å². The van der Waals surface area contributed by atoms with Gasteiger partial charge in [-0.3, -0.25) is 9.78 Å². The van der Waals surface area contributed by atoms with Crippen LogP contribution in [0.4, 0.5) is 4.79 Å². The van der Waals surface area contributed by atoms with Crippen molar-refractivity contribution in [2.24, 2.45) is 0 Å². The summed E-state index contributed by atoms with van der Waals surface area (Å²) in [7, 11) is 0. The molecule has 4 rings (SSSR count). The molecule has 4 heterocycles. The molecule has 0 aromatic carbocycles. The van der Waals surface area contributed by atoms with E-state index in [0.29, 0.717) is 38.4 Å². The Balaban J connectivity index is 1.56. The number of aryl methyl sites for hydroxylation is 1. The number of hydrogen-bond acceptors (Lipinski definition) is 8. The van der Waals surface area contributed by atoms with Crippen LogP contribution in [-0.2, 0) is 28.9 Å². The average Bonchev–Trinajstić information content (AvgIpc) is 3.41. The van der Waals surface area contributed by atoms with Gasteiger partial charge in [-0.2, -0.15) is 0 Å². The number of thiazole rings is 1. The first-order valence-electron chi connectivity index (χ1n) is 12.7. The number of rotatable bonds is 9. The van der Waals surface area contributed by atoms with E-state index in [2.05, 4.69) is 24.1 Å². The van der Waals surface area contributed by atoms with Crippen LogP contribution in [0, 0.1) is 0 Å². The summed E-state index contributed by atoms with van der Waals surface area (Å²) in [6.45, 7) is 11.8. The molecule has 1 amide bonds. The standard InChI is InChI=1S/C27H36N4O3S2/c1-6-17(2)29-13-9-18(32)7-8-22-24(25-30-20-15-28-12-10-21(20)36-25)19-11-14-31(16-23(19)35-22)26(33)34-27(3,4)5/h10,12,15,17,29H,6-9,11,13-14,16H2,1-5H3. The van der Waals surface area contributed by atoms with Crippen LogP contribution in [0.25, 0.3) is 20.8 Å². The van der Waals surface area contributed by atoms with E-state index >= 15 is 0 Å². The topological polar surface area (TPSA) is 84.4 Å². The Bertz CT molecular complexity index is 1190. The Morgan fingerprint density at radius 3 is 2.78 bits per heavy atom. The van der Waals surface area contributed by atoms with Gasteiger partial charge < -0.3 is 15.0 Å². The lowest BCUT2D eigenvalue weighted by Gasteiger charge is -2.30. The Labute approximate surface area is 221 Å². The molecule has 0 saturated carbocycles. The number of amides is 1. The smallest absolute Gasteiger partial charge is 0.410 e. The van der Waals surface area contributed by atoms with Crippen LogP contribution in [0.5, 0.6) is 0 Å². The number of hydrogen-bond donors (Lipinski definition) is 1. The third-order valence-corrected chi connectivity index (χ3v) is 8.66. The van der Waals surface area contributed by atoms with Crippen LogP contribution < -0.4 is 5.32 Å². The number of nitrogens with zero attached hydrogens (tertiary/aromatic N) is 3. The zero-order valence-corrected chi connectivity index (χ0v) is 23.5. The predicted molar refractivity (Wildman–Crippen MR) is 147 cm³/mol. The number of thiophene rings is 1. The highest BCUT2D eigenvalue weighted by Gasteiger charge is 2.31. The van der Waals surface area contributed by atoms with Crippen molar-refractivity contribution in [3.05, 3.63) is 33.8 Å². The quantitative estimate of drug-likeness (QED) is 0.367. The van der Waals surface area contributed by atoms with Crippen molar-refractivity contribution in [2.45, 2.75) is 84.9 Å². The highest BCUT2D eigenvalue weighted by molar-refractivity contribution is 7.22. The Morgan fingerprint density at radius 2 is 2.06 bits per heavy atom. The maximum Gasteiger partial charge on any atom is 0.410 e. The van der Waals surface area contributed by atoms with Gasteiger partial charge in [-0.05, 0) is 58.6 Å². The van der Waals surface area contributed by atoms with Crippen molar-refractivity contribution in [3.8, 4) is 10.6 Å². The fourth-order valence-corrected chi connectivity index (χ4v) is 6.70. The summed E-state index contributed by atoms with van der Waals surface area (Å²) in [6, 6.07) is 2.42. The number of nitrogens with one attached hydrogen (secondary N) is 1. The number of fused-ring (bicyclic) bond motifs is 2. The number of pyridine rings is 1. The highest BCUT2D eigenvalue weighted by Crippen LogP contribution is 2.43. The van der Waals surface area contributed by atoms with Gasteiger partial charge in [0.25, 0.3) is 0 Å². The third-order valence-electron chi connectivity index (χ3n) is 6.33. The molecule has 0 saturated heterocycles. The van der Waals surface area contributed by atoms with Gasteiger partial charge in [-0.25, -0.2) is 9.78 Å². The molecular formula is C27H36N4O3S2. The second-order valence-corrected chi connectivity index (χ2v) is 12.6. The summed E-state index contributed by atoms with van der Waals surface area (Å²) in [5, 5.41) is 4.38. The van der Waals surface area contributed by atoms with E-state index in [0.717, 1.165) is 40.2 Å². The van der Waals surface area contributed by atoms with E-state index in [1.807, 2.05) is 26.8 Å². The zero-order chi connectivity index (χ0) is 25.9. The summed E-state index contributed by atoms with van der Waals surface area (Å²) in [4.78, 5) is 38.6. The molecule has 0 bridgehead atoms. The first kappa shape index (κ1) is 26.7. The molecule has 7 nitrogen and oxygen atoms in total. The van der Waals surface area contributed by atoms with Gasteiger partial charge in [0.1, 0.15) is 21.9 Å². The molecule has 0 radical (unpaired) electrons. The molecule has 1 aliphatic heterocycles. The normalized spacial score (nSPS) is 14.6. The van der Waals surface area contributed by atoms with E-state index in [-0.39, 0.29) is 11.9 Å². The molecule has 9 heteroatoms. The third kappa shape index (κ3) is 6.49. The number of aromatic nitrogens is 2. The molecule has 1 N–H and O–H groups in total. The average molecular weight is 529 g/mol. The molecular weight excluding hydrogens is 492 g/mol. The van der Waals surface area contributed by atoms with E-state index in [4.69, 9.17) is 9.72 Å². The van der Waals surface area contributed by atoms with Crippen molar-refractivity contribution in [1.29, 1.82) is 0 Å². The summed E-state index contributed by atoms with van der Waals surface area (Å²) in [6.07, 6.45) is 6.86. The Kier molecular flexibility index (Phi) is 8.42. The zero-order valence-electron chi connectivity index (χ0n) is 21.8. The maximum atomic E-state index is 12.7. The minimum Gasteiger partial charge on any atom is -0.444 e. The molecule has 1 atom stereocenters. The fourth-order valence-electron chi connectivity index (χ4n) is 4.23. The predicted octanol–water partition coefficient (Wildman–Crippen LogP) is 5.99. The minimum absolute atomic E-state index is 0.270. The van der Waals surface area contributed by atoms with Crippen LogP contribution in [0.2, 0.25) is 0 Å². The van der Waals surface area contributed by atoms with Gasteiger partial charge in [0.15, 0.2) is 0 Å². The van der Waals surface area contributed by atoms with Crippen molar-refractivity contribution in [3.63, 3.8) is 0 Å². The largest absolute Gasteiger partial charge is 0.444 e. The van der Waals surface area contributed by atoms with E-state index in [9.17, 15) is 9.59 Å². The summed E-state index contributed by atoms with van der Waals surface area (Å²) in [5.74, 6) is 0.270. The van der Waals surface area contributed by atoms with Crippen molar-refractivity contribution < 1.29 is 14.3 Å². The first-order chi connectivity index (χ1) is 17.1. The molecule has 194 valence electrons. The van der Waals surface area contributed by atoms with E-state index in [1.54, 1.807) is 40.0 Å². The second-order valence-electron chi connectivity index (χ2n) is 10.4. The fraction of sp³-hybridized carbons (Fsp3) is 0.556. The highest BCUT2D eigenvalue weighted by atomic mass is 32.1. The number of ketones is 1. The van der Waals surface area contributed by atoms with Gasteiger partial charge in [-0.1, -0.05) is 6.92 Å². The Morgan fingerprint density at radius 1 is 1.25 bits per heavy atom. The molecule has 3 aromatic heterocycles. The molecule has 0 aliphatic carbocycles. The van der Waals surface area contributed by atoms with Gasteiger partial charge in [0.05, 0.1) is 17.4 Å². The van der Waals surface area contributed by atoms with Crippen molar-refractivity contribution in [2.75, 3.05) is 13.1 Å². The summed E-state index contributed by atoms with van der Waals surface area (Å²) < 4.78 is 6.72.